The first-order valence-electron chi connectivity index (χ1n) is 6.87. The van der Waals surface area contributed by atoms with Crippen molar-refractivity contribution in [3.05, 3.63) is 48.5 Å². The molecule has 0 saturated carbocycles. The predicted octanol–water partition coefficient (Wildman–Crippen LogP) is 2.95. The average Bonchev–Trinajstić information content (AvgIpc) is 2.49. The van der Waals surface area contributed by atoms with Crippen LogP contribution in [0.15, 0.2) is 48.5 Å². The molecule has 0 radical (unpaired) electrons. The van der Waals surface area contributed by atoms with Gasteiger partial charge in [0.05, 0.1) is 6.61 Å². The Labute approximate surface area is 128 Å². The van der Waals surface area contributed by atoms with Gasteiger partial charge in [0.15, 0.2) is 6.73 Å². The summed E-state index contributed by atoms with van der Waals surface area (Å²) in [6, 6.07) is 13.0. The third-order valence-electron chi connectivity index (χ3n) is 2.71. The summed E-state index contributed by atoms with van der Waals surface area (Å²) in [6.07, 6.45) is 0. The molecule has 0 atom stereocenters. The molecule has 0 fully saturated rings. The zero-order valence-electron chi connectivity index (χ0n) is 12.2. The van der Waals surface area contributed by atoms with E-state index in [9.17, 15) is 9.90 Å². The number of hydrogen-bond acceptors (Lipinski definition) is 4. The molecule has 0 unspecified atom stereocenters. The van der Waals surface area contributed by atoms with Gasteiger partial charge in [0.1, 0.15) is 17.2 Å². The van der Waals surface area contributed by atoms with Crippen LogP contribution in [-0.4, -0.2) is 24.5 Å². The number of nitrogens with one attached hydrogen (secondary N) is 2. The topological polar surface area (TPSA) is 79.8 Å². The van der Waals surface area contributed by atoms with Crippen LogP contribution >= 0.6 is 0 Å². The SMILES string of the molecule is CCOc1ccc(OCNC(=O)Nc2cccc(O)c2)cc1. The number of aromatic hydroxyl groups is 1. The Bertz CT molecular complexity index is 614. The highest BCUT2D eigenvalue weighted by Crippen LogP contribution is 2.17. The van der Waals surface area contributed by atoms with Crippen molar-refractivity contribution in [2.75, 3.05) is 18.7 Å². The number of carbonyl (C=O) groups is 1. The number of hydrogen-bond donors (Lipinski definition) is 3. The highest BCUT2D eigenvalue weighted by molar-refractivity contribution is 5.89. The number of anilines is 1. The van der Waals surface area contributed by atoms with Gasteiger partial charge in [-0.05, 0) is 43.3 Å². The molecule has 6 heteroatoms. The second kappa shape index (κ2) is 7.78. The van der Waals surface area contributed by atoms with E-state index >= 15 is 0 Å². The number of amides is 2. The molecule has 0 aliphatic heterocycles. The monoisotopic (exact) mass is 302 g/mol. The van der Waals surface area contributed by atoms with Crippen LogP contribution in [0.25, 0.3) is 0 Å². The van der Waals surface area contributed by atoms with Crippen molar-refractivity contribution >= 4 is 11.7 Å². The van der Waals surface area contributed by atoms with E-state index in [-0.39, 0.29) is 12.5 Å². The first-order valence-corrected chi connectivity index (χ1v) is 6.87. The van der Waals surface area contributed by atoms with Crippen LogP contribution in [0.1, 0.15) is 6.92 Å². The van der Waals surface area contributed by atoms with Crippen molar-refractivity contribution in [1.82, 2.24) is 5.32 Å². The van der Waals surface area contributed by atoms with E-state index in [1.807, 2.05) is 6.92 Å². The summed E-state index contributed by atoms with van der Waals surface area (Å²) >= 11 is 0. The van der Waals surface area contributed by atoms with Crippen molar-refractivity contribution in [2.24, 2.45) is 0 Å². The molecule has 0 aromatic heterocycles. The zero-order valence-corrected chi connectivity index (χ0v) is 12.2. The largest absolute Gasteiger partial charge is 0.508 e. The maximum absolute atomic E-state index is 11.6. The highest BCUT2D eigenvalue weighted by Gasteiger charge is 2.02. The smallest absolute Gasteiger partial charge is 0.321 e. The molecule has 2 rings (SSSR count). The van der Waals surface area contributed by atoms with E-state index in [2.05, 4.69) is 10.6 Å². The molecule has 0 bridgehead atoms. The minimum absolute atomic E-state index is 0.0264. The van der Waals surface area contributed by atoms with E-state index in [1.54, 1.807) is 36.4 Å². The van der Waals surface area contributed by atoms with E-state index in [4.69, 9.17) is 9.47 Å². The molecule has 3 N–H and O–H groups in total. The first-order chi connectivity index (χ1) is 10.7. The van der Waals surface area contributed by atoms with Gasteiger partial charge >= 0.3 is 6.03 Å². The summed E-state index contributed by atoms with van der Waals surface area (Å²) in [5, 5.41) is 14.4. The van der Waals surface area contributed by atoms with Gasteiger partial charge in [0, 0.05) is 11.8 Å². The van der Waals surface area contributed by atoms with Crippen LogP contribution in [0.4, 0.5) is 10.5 Å². The molecule has 6 nitrogen and oxygen atoms in total. The van der Waals surface area contributed by atoms with Gasteiger partial charge in [-0.2, -0.15) is 0 Å². The summed E-state index contributed by atoms with van der Waals surface area (Å²) in [4.78, 5) is 11.6. The Balaban J connectivity index is 1.74. The average molecular weight is 302 g/mol. The number of urea groups is 1. The van der Waals surface area contributed by atoms with E-state index in [0.717, 1.165) is 5.75 Å². The van der Waals surface area contributed by atoms with Gasteiger partial charge in [-0.3, -0.25) is 0 Å². The first kappa shape index (κ1) is 15.5. The van der Waals surface area contributed by atoms with Gasteiger partial charge in [-0.25, -0.2) is 4.79 Å². The van der Waals surface area contributed by atoms with Gasteiger partial charge in [-0.1, -0.05) is 6.07 Å². The lowest BCUT2D eigenvalue weighted by Gasteiger charge is -2.10. The van der Waals surface area contributed by atoms with E-state index < -0.39 is 6.03 Å². The lowest BCUT2D eigenvalue weighted by atomic mass is 10.3. The maximum Gasteiger partial charge on any atom is 0.321 e. The van der Waals surface area contributed by atoms with Crippen molar-refractivity contribution in [3.8, 4) is 17.2 Å². The van der Waals surface area contributed by atoms with Crippen molar-refractivity contribution in [2.45, 2.75) is 6.92 Å². The quantitative estimate of drug-likeness (QED) is 0.717. The minimum atomic E-state index is -0.420. The number of ether oxygens (including phenoxy) is 2. The summed E-state index contributed by atoms with van der Waals surface area (Å²) in [6.45, 7) is 2.55. The lowest BCUT2D eigenvalue weighted by Crippen LogP contribution is -2.31. The van der Waals surface area contributed by atoms with E-state index in [1.165, 1.54) is 12.1 Å². The molecular formula is C16H18N2O4. The molecule has 116 valence electrons. The molecule has 2 aromatic carbocycles. The van der Waals surface area contributed by atoms with Gasteiger partial charge in [0.2, 0.25) is 0 Å². The summed E-state index contributed by atoms with van der Waals surface area (Å²) in [5.41, 5.74) is 0.499. The van der Waals surface area contributed by atoms with Crippen LogP contribution in [0.2, 0.25) is 0 Å². The Kier molecular flexibility index (Phi) is 5.48. The number of carbonyl (C=O) groups excluding carboxylic acids is 1. The Morgan fingerprint density at radius 3 is 2.41 bits per heavy atom. The molecule has 2 amide bonds. The molecule has 0 aliphatic rings. The molecule has 22 heavy (non-hydrogen) atoms. The zero-order chi connectivity index (χ0) is 15.8. The van der Waals surface area contributed by atoms with Crippen molar-refractivity contribution in [3.63, 3.8) is 0 Å². The Hall–Kier alpha value is -2.89. The van der Waals surface area contributed by atoms with Crippen molar-refractivity contribution < 1.29 is 19.4 Å². The second-order valence-corrected chi connectivity index (χ2v) is 4.37. The molecular weight excluding hydrogens is 284 g/mol. The van der Waals surface area contributed by atoms with Crippen LogP contribution < -0.4 is 20.1 Å². The number of phenolic OH excluding ortho intramolecular Hbond substituents is 1. The second-order valence-electron chi connectivity index (χ2n) is 4.37. The fourth-order valence-electron chi connectivity index (χ4n) is 1.74. The third kappa shape index (κ3) is 4.90. The Morgan fingerprint density at radius 1 is 1.09 bits per heavy atom. The Morgan fingerprint density at radius 2 is 1.77 bits per heavy atom. The molecule has 2 aromatic rings. The maximum atomic E-state index is 11.6. The lowest BCUT2D eigenvalue weighted by molar-refractivity contribution is 0.234. The third-order valence-corrected chi connectivity index (χ3v) is 2.71. The van der Waals surface area contributed by atoms with Crippen LogP contribution in [0.5, 0.6) is 17.2 Å². The normalized spacial score (nSPS) is 9.86. The standard InChI is InChI=1S/C16H18N2O4/c1-2-21-14-6-8-15(9-7-14)22-11-17-16(20)18-12-4-3-5-13(19)10-12/h3-10,19H,2,11H2,1H3,(H2,17,18,20). The van der Waals surface area contributed by atoms with Gasteiger partial charge in [0.25, 0.3) is 0 Å². The summed E-state index contributed by atoms with van der Waals surface area (Å²) in [7, 11) is 0. The summed E-state index contributed by atoms with van der Waals surface area (Å²) in [5.74, 6) is 1.48. The highest BCUT2D eigenvalue weighted by atomic mass is 16.5. The predicted molar refractivity (Wildman–Crippen MR) is 83.4 cm³/mol. The fraction of sp³-hybridized carbons (Fsp3) is 0.188. The van der Waals surface area contributed by atoms with Gasteiger partial charge < -0.3 is 25.2 Å². The molecule has 0 spiro atoms. The fourth-order valence-corrected chi connectivity index (χ4v) is 1.74. The van der Waals surface area contributed by atoms with Gasteiger partial charge in [-0.15, -0.1) is 0 Å². The molecule has 0 aliphatic carbocycles. The van der Waals surface area contributed by atoms with Crippen molar-refractivity contribution in [1.29, 1.82) is 0 Å². The summed E-state index contributed by atoms with van der Waals surface area (Å²) < 4.78 is 10.7. The van der Waals surface area contributed by atoms with Crippen LogP contribution in [-0.2, 0) is 0 Å². The molecule has 0 saturated heterocycles. The number of benzene rings is 2. The molecule has 0 heterocycles. The van der Waals surface area contributed by atoms with E-state index in [0.29, 0.717) is 18.0 Å². The van der Waals surface area contributed by atoms with Crippen LogP contribution in [0, 0.1) is 0 Å². The number of phenols is 1. The number of rotatable bonds is 6. The minimum Gasteiger partial charge on any atom is -0.508 e. The van der Waals surface area contributed by atoms with Crippen LogP contribution in [0.3, 0.4) is 0 Å².